The summed E-state index contributed by atoms with van der Waals surface area (Å²) < 4.78 is 10.5. The first-order chi connectivity index (χ1) is 16.0. The van der Waals surface area contributed by atoms with Gasteiger partial charge in [0, 0.05) is 19.4 Å². The summed E-state index contributed by atoms with van der Waals surface area (Å²) in [6, 6.07) is -0.282. The predicted octanol–water partition coefficient (Wildman–Crippen LogP) is 2.66. The lowest BCUT2D eigenvalue weighted by Crippen LogP contribution is -2.44. The molecular weight excluding hydrogens is 424 g/mol. The molecule has 0 aliphatic heterocycles. The van der Waals surface area contributed by atoms with E-state index in [1.807, 2.05) is 0 Å². The van der Waals surface area contributed by atoms with E-state index in [1.54, 1.807) is 12.2 Å². The van der Waals surface area contributed by atoms with Crippen molar-refractivity contribution >= 4 is 17.8 Å². The molecule has 0 radical (unpaired) electrons. The summed E-state index contributed by atoms with van der Waals surface area (Å²) in [5.41, 5.74) is 0. The zero-order valence-electron chi connectivity index (χ0n) is 19.9. The Hall–Kier alpha value is -2.19. The van der Waals surface area contributed by atoms with Gasteiger partial charge in [0.05, 0.1) is 31.8 Å². The molecule has 0 spiro atoms. The molecule has 33 heavy (non-hydrogen) atoms. The Labute approximate surface area is 198 Å². The SMILES string of the molecule is C=CCCC(=O)OCC(CC1CCCCC1)NC(=O)C(CC=C)CC(=O)NCCOCCO. The molecule has 0 aromatic heterocycles. The highest BCUT2D eigenvalue weighted by molar-refractivity contribution is 5.86. The van der Waals surface area contributed by atoms with E-state index >= 15 is 0 Å². The number of hydrogen-bond acceptors (Lipinski definition) is 6. The second kappa shape index (κ2) is 18.3. The molecule has 2 atom stereocenters. The number of carbonyl (C=O) groups excluding carboxylic acids is 3. The largest absolute Gasteiger partial charge is 0.463 e. The van der Waals surface area contributed by atoms with Gasteiger partial charge < -0.3 is 25.2 Å². The molecule has 1 saturated carbocycles. The van der Waals surface area contributed by atoms with Crippen molar-refractivity contribution in [3.8, 4) is 0 Å². The second-order valence-electron chi connectivity index (χ2n) is 8.57. The van der Waals surface area contributed by atoms with Crippen LogP contribution in [0.5, 0.6) is 0 Å². The van der Waals surface area contributed by atoms with E-state index in [0.29, 0.717) is 31.9 Å². The fraction of sp³-hybridized carbons (Fsp3) is 0.720. The van der Waals surface area contributed by atoms with Gasteiger partial charge in [-0.2, -0.15) is 0 Å². The predicted molar refractivity (Wildman–Crippen MR) is 127 cm³/mol. The molecule has 0 bridgehead atoms. The molecule has 1 aliphatic carbocycles. The van der Waals surface area contributed by atoms with Crippen LogP contribution in [0.15, 0.2) is 25.3 Å². The van der Waals surface area contributed by atoms with Gasteiger partial charge in [-0.3, -0.25) is 14.4 Å². The van der Waals surface area contributed by atoms with Gasteiger partial charge in [0.25, 0.3) is 0 Å². The molecule has 2 unspecified atom stereocenters. The molecule has 1 rings (SSSR count). The minimum absolute atomic E-state index is 0.0348. The normalized spacial score (nSPS) is 15.8. The quantitative estimate of drug-likeness (QED) is 0.163. The standard InChI is InChI=1S/C25H42N2O6/c1-3-5-12-24(30)33-19-22(17-20-10-7-6-8-11-20)27-25(31)21(9-4-2)18-23(29)26-13-15-32-16-14-28/h3-4,20-22,28H,1-2,5-19H2,(H,26,29)(H,27,31). The number of nitrogens with one attached hydrogen (secondary N) is 2. The average Bonchev–Trinajstić information content (AvgIpc) is 2.81. The molecule has 0 aromatic carbocycles. The number of allylic oxidation sites excluding steroid dienone is 2. The zero-order valence-corrected chi connectivity index (χ0v) is 19.9. The van der Waals surface area contributed by atoms with Gasteiger partial charge in [0.15, 0.2) is 0 Å². The van der Waals surface area contributed by atoms with Crippen LogP contribution >= 0.6 is 0 Å². The van der Waals surface area contributed by atoms with Crippen molar-refractivity contribution in [1.82, 2.24) is 10.6 Å². The summed E-state index contributed by atoms with van der Waals surface area (Å²) in [5, 5.41) is 14.5. The first-order valence-corrected chi connectivity index (χ1v) is 12.1. The summed E-state index contributed by atoms with van der Waals surface area (Å²) in [7, 11) is 0. The molecule has 8 heteroatoms. The highest BCUT2D eigenvalue weighted by Crippen LogP contribution is 2.27. The minimum Gasteiger partial charge on any atom is -0.463 e. The van der Waals surface area contributed by atoms with Crippen molar-refractivity contribution in [2.75, 3.05) is 33.0 Å². The van der Waals surface area contributed by atoms with Crippen LogP contribution in [0.1, 0.15) is 64.2 Å². The van der Waals surface area contributed by atoms with E-state index in [2.05, 4.69) is 23.8 Å². The third-order valence-electron chi connectivity index (χ3n) is 5.75. The number of aliphatic hydroxyl groups is 1. The van der Waals surface area contributed by atoms with Crippen molar-refractivity contribution in [2.45, 2.75) is 70.3 Å². The van der Waals surface area contributed by atoms with Crippen molar-refractivity contribution in [2.24, 2.45) is 11.8 Å². The van der Waals surface area contributed by atoms with Crippen molar-refractivity contribution in [3.05, 3.63) is 25.3 Å². The summed E-state index contributed by atoms with van der Waals surface area (Å²) >= 11 is 0. The fourth-order valence-corrected chi connectivity index (χ4v) is 4.01. The molecule has 188 valence electrons. The van der Waals surface area contributed by atoms with Gasteiger partial charge in [-0.1, -0.05) is 44.3 Å². The minimum atomic E-state index is -0.550. The maximum absolute atomic E-state index is 13.0. The third-order valence-corrected chi connectivity index (χ3v) is 5.75. The van der Waals surface area contributed by atoms with Crippen molar-refractivity contribution < 1.29 is 29.0 Å². The van der Waals surface area contributed by atoms with Crippen LogP contribution in [0.25, 0.3) is 0 Å². The Morgan fingerprint density at radius 2 is 1.85 bits per heavy atom. The first kappa shape index (κ1) is 28.8. The summed E-state index contributed by atoms with van der Waals surface area (Å²) in [4.78, 5) is 37.2. The third kappa shape index (κ3) is 13.8. The zero-order chi connectivity index (χ0) is 24.3. The van der Waals surface area contributed by atoms with Crippen LogP contribution < -0.4 is 10.6 Å². The van der Waals surface area contributed by atoms with E-state index in [4.69, 9.17) is 14.6 Å². The number of carbonyl (C=O) groups is 3. The summed E-state index contributed by atoms with van der Waals surface area (Å²) in [6.07, 6.45) is 11.1. The molecule has 8 nitrogen and oxygen atoms in total. The lowest BCUT2D eigenvalue weighted by Gasteiger charge is -2.28. The van der Waals surface area contributed by atoms with Crippen molar-refractivity contribution in [1.29, 1.82) is 0 Å². The van der Waals surface area contributed by atoms with Crippen LogP contribution in [0.2, 0.25) is 0 Å². The van der Waals surface area contributed by atoms with Gasteiger partial charge in [-0.15, -0.1) is 13.2 Å². The van der Waals surface area contributed by atoms with E-state index in [1.165, 1.54) is 19.3 Å². The molecule has 0 heterocycles. The molecule has 1 fully saturated rings. The lowest BCUT2D eigenvalue weighted by atomic mass is 9.84. The summed E-state index contributed by atoms with van der Waals surface area (Å²) in [6.45, 7) is 8.22. The Bertz CT molecular complexity index is 604. The van der Waals surface area contributed by atoms with Gasteiger partial charge in [-0.05, 0) is 25.2 Å². The van der Waals surface area contributed by atoms with E-state index in [9.17, 15) is 14.4 Å². The molecule has 3 N–H and O–H groups in total. The van der Waals surface area contributed by atoms with Gasteiger partial charge in [0.2, 0.25) is 11.8 Å². The van der Waals surface area contributed by atoms with Crippen molar-refractivity contribution in [3.63, 3.8) is 0 Å². The number of hydrogen-bond donors (Lipinski definition) is 3. The van der Waals surface area contributed by atoms with Gasteiger partial charge in [-0.25, -0.2) is 0 Å². The van der Waals surface area contributed by atoms with Gasteiger partial charge in [0.1, 0.15) is 6.61 Å². The molecule has 0 saturated heterocycles. The second-order valence-corrected chi connectivity index (χ2v) is 8.57. The molecular formula is C25H42N2O6. The summed E-state index contributed by atoms with van der Waals surface area (Å²) in [5.74, 6) is -0.834. The Balaban J connectivity index is 2.63. The highest BCUT2D eigenvalue weighted by atomic mass is 16.5. The van der Waals surface area contributed by atoms with Crippen LogP contribution in [-0.4, -0.2) is 61.9 Å². The van der Waals surface area contributed by atoms with Crippen LogP contribution in [0.4, 0.5) is 0 Å². The lowest BCUT2D eigenvalue weighted by molar-refractivity contribution is -0.145. The van der Waals surface area contributed by atoms with Gasteiger partial charge >= 0.3 is 5.97 Å². The Morgan fingerprint density at radius 3 is 2.52 bits per heavy atom. The highest BCUT2D eigenvalue weighted by Gasteiger charge is 2.26. The first-order valence-electron chi connectivity index (χ1n) is 12.1. The van der Waals surface area contributed by atoms with E-state index in [0.717, 1.165) is 19.3 Å². The topological polar surface area (TPSA) is 114 Å². The smallest absolute Gasteiger partial charge is 0.306 e. The Morgan fingerprint density at radius 1 is 1.09 bits per heavy atom. The maximum atomic E-state index is 13.0. The molecule has 1 aliphatic rings. The van der Waals surface area contributed by atoms with Crippen LogP contribution in [-0.2, 0) is 23.9 Å². The number of rotatable bonds is 18. The molecule has 0 aromatic rings. The maximum Gasteiger partial charge on any atom is 0.306 e. The Kier molecular flexibility index (Phi) is 16.0. The van der Waals surface area contributed by atoms with E-state index in [-0.39, 0.29) is 56.5 Å². The average molecular weight is 467 g/mol. The number of amides is 2. The molecule has 2 amide bonds. The van der Waals surface area contributed by atoms with E-state index < -0.39 is 5.92 Å². The number of ether oxygens (including phenoxy) is 2. The number of esters is 1. The van der Waals surface area contributed by atoms with Crippen LogP contribution in [0.3, 0.4) is 0 Å². The van der Waals surface area contributed by atoms with Crippen LogP contribution in [0, 0.1) is 11.8 Å². The fourth-order valence-electron chi connectivity index (χ4n) is 4.01. The monoisotopic (exact) mass is 466 g/mol. The number of aliphatic hydroxyl groups excluding tert-OH is 1.